The third-order valence-corrected chi connectivity index (χ3v) is 6.00. The maximum absolute atomic E-state index is 12.1. The number of rotatable bonds is 7. The Labute approximate surface area is 147 Å². The van der Waals surface area contributed by atoms with Crippen molar-refractivity contribution in [2.24, 2.45) is 5.92 Å². The molecular formula is C17H23NO6S. The molecule has 0 radical (unpaired) electrons. The lowest BCUT2D eigenvalue weighted by Gasteiger charge is -2.19. The van der Waals surface area contributed by atoms with E-state index in [0.29, 0.717) is 18.7 Å². The third kappa shape index (κ3) is 5.74. The van der Waals surface area contributed by atoms with Gasteiger partial charge in [0.2, 0.25) is 0 Å². The molecule has 1 amide bonds. The molecule has 1 fully saturated rings. The Morgan fingerprint density at radius 2 is 2.00 bits per heavy atom. The number of hydrogen-bond donors (Lipinski definition) is 0. The number of methoxy groups -OCH3 is 1. The normalized spacial score (nSPS) is 18.6. The molecule has 1 heterocycles. The van der Waals surface area contributed by atoms with Gasteiger partial charge in [-0.3, -0.25) is 9.59 Å². The second-order valence-corrected chi connectivity index (χ2v) is 8.42. The first kappa shape index (κ1) is 19.2. The third-order valence-electron chi connectivity index (χ3n) is 4.16. The molecule has 8 heteroatoms. The Morgan fingerprint density at radius 1 is 1.28 bits per heavy atom. The maximum Gasteiger partial charge on any atom is 0.306 e. The summed E-state index contributed by atoms with van der Waals surface area (Å²) < 4.78 is 33.0. The van der Waals surface area contributed by atoms with E-state index in [1.165, 1.54) is 4.90 Å². The molecular weight excluding hydrogens is 346 g/mol. The number of ether oxygens (including phenoxy) is 2. The van der Waals surface area contributed by atoms with Crippen molar-refractivity contribution >= 4 is 21.7 Å². The van der Waals surface area contributed by atoms with Crippen molar-refractivity contribution in [2.45, 2.75) is 19.4 Å². The van der Waals surface area contributed by atoms with Gasteiger partial charge in [0.05, 0.1) is 18.6 Å². The summed E-state index contributed by atoms with van der Waals surface area (Å²) >= 11 is 0. The highest BCUT2D eigenvalue weighted by atomic mass is 32.2. The molecule has 1 unspecified atom stereocenters. The summed E-state index contributed by atoms with van der Waals surface area (Å²) in [6.45, 7) is -0.0226. The summed E-state index contributed by atoms with van der Waals surface area (Å²) in [7, 11) is 0.157. The second kappa shape index (κ2) is 8.33. The molecule has 7 nitrogen and oxygen atoms in total. The van der Waals surface area contributed by atoms with Gasteiger partial charge in [-0.25, -0.2) is 8.42 Å². The smallest absolute Gasteiger partial charge is 0.306 e. The van der Waals surface area contributed by atoms with Crippen LogP contribution in [0.15, 0.2) is 24.3 Å². The first-order chi connectivity index (χ1) is 11.8. The first-order valence-electron chi connectivity index (χ1n) is 8.02. The predicted octanol–water partition coefficient (Wildman–Crippen LogP) is 1.02. The zero-order chi connectivity index (χ0) is 18.4. The van der Waals surface area contributed by atoms with Crippen molar-refractivity contribution < 1.29 is 27.5 Å². The molecule has 0 aliphatic carbocycles. The Kier molecular flexibility index (Phi) is 6.41. The van der Waals surface area contributed by atoms with E-state index in [2.05, 4.69) is 0 Å². The second-order valence-electron chi connectivity index (χ2n) is 6.20. The van der Waals surface area contributed by atoms with Gasteiger partial charge in [-0.1, -0.05) is 18.2 Å². The lowest BCUT2D eigenvalue weighted by molar-refractivity contribution is -0.152. The number of para-hydroxylation sites is 1. The zero-order valence-corrected chi connectivity index (χ0v) is 15.3. The number of likely N-dealkylation sites (N-methyl/N-ethyl adjacent to an activating group) is 1. The van der Waals surface area contributed by atoms with Crippen LogP contribution in [0.3, 0.4) is 0 Å². The fourth-order valence-electron chi connectivity index (χ4n) is 2.76. The number of benzene rings is 1. The van der Waals surface area contributed by atoms with E-state index in [-0.39, 0.29) is 36.4 Å². The molecule has 1 aliphatic rings. The summed E-state index contributed by atoms with van der Waals surface area (Å²) in [4.78, 5) is 25.3. The SMILES string of the molecule is COc1ccccc1CN(C)C(=O)COC(=O)CC1CCS(=O)(=O)C1. The molecule has 0 N–H and O–H groups in total. The number of esters is 1. The number of carbonyl (C=O) groups excluding carboxylic acids is 2. The van der Waals surface area contributed by atoms with Gasteiger partial charge in [0.25, 0.3) is 5.91 Å². The molecule has 138 valence electrons. The van der Waals surface area contributed by atoms with E-state index in [0.717, 1.165) is 5.56 Å². The van der Waals surface area contributed by atoms with Gasteiger partial charge in [-0.05, 0) is 18.4 Å². The fourth-order valence-corrected chi connectivity index (χ4v) is 4.62. The van der Waals surface area contributed by atoms with Crippen LogP contribution in [0.5, 0.6) is 5.75 Å². The molecule has 0 saturated carbocycles. The molecule has 1 saturated heterocycles. The minimum absolute atomic E-state index is 0.0176. The van der Waals surface area contributed by atoms with E-state index in [1.807, 2.05) is 24.3 Å². The van der Waals surface area contributed by atoms with Crippen LogP contribution in [-0.4, -0.2) is 57.5 Å². The lowest BCUT2D eigenvalue weighted by atomic mass is 10.1. The summed E-state index contributed by atoms with van der Waals surface area (Å²) in [5, 5.41) is 0. The Hall–Kier alpha value is -2.09. The van der Waals surface area contributed by atoms with Crippen molar-refractivity contribution in [1.29, 1.82) is 0 Å². The highest BCUT2D eigenvalue weighted by Crippen LogP contribution is 2.22. The van der Waals surface area contributed by atoms with Crippen LogP contribution in [0.4, 0.5) is 0 Å². The van der Waals surface area contributed by atoms with Crippen molar-refractivity contribution in [3.63, 3.8) is 0 Å². The molecule has 1 aromatic rings. The van der Waals surface area contributed by atoms with Crippen LogP contribution in [0.1, 0.15) is 18.4 Å². The molecule has 0 aromatic heterocycles. The van der Waals surface area contributed by atoms with Crippen LogP contribution >= 0.6 is 0 Å². The fraction of sp³-hybridized carbons (Fsp3) is 0.529. The van der Waals surface area contributed by atoms with Gasteiger partial charge in [0, 0.05) is 25.6 Å². The van der Waals surface area contributed by atoms with Gasteiger partial charge in [0.15, 0.2) is 16.4 Å². The largest absolute Gasteiger partial charge is 0.496 e. The molecule has 0 bridgehead atoms. The van der Waals surface area contributed by atoms with Crippen LogP contribution < -0.4 is 4.74 Å². The topological polar surface area (TPSA) is 90.0 Å². The molecule has 0 spiro atoms. The van der Waals surface area contributed by atoms with E-state index in [9.17, 15) is 18.0 Å². The Bertz CT molecular complexity index is 730. The monoisotopic (exact) mass is 369 g/mol. The quantitative estimate of drug-likeness (QED) is 0.667. The first-order valence-corrected chi connectivity index (χ1v) is 9.85. The van der Waals surface area contributed by atoms with Gasteiger partial charge in [0.1, 0.15) is 5.75 Å². The van der Waals surface area contributed by atoms with Gasteiger partial charge in [-0.15, -0.1) is 0 Å². The summed E-state index contributed by atoms with van der Waals surface area (Å²) in [5.41, 5.74) is 0.850. The highest BCUT2D eigenvalue weighted by molar-refractivity contribution is 7.91. The maximum atomic E-state index is 12.1. The van der Waals surface area contributed by atoms with Crippen LogP contribution in [0.25, 0.3) is 0 Å². The average molecular weight is 369 g/mol. The standard InChI is InChI=1S/C17H23NO6S/c1-18(10-14-5-3-4-6-15(14)23-2)16(19)11-24-17(20)9-13-7-8-25(21,22)12-13/h3-6,13H,7-12H2,1-2H3. The van der Waals surface area contributed by atoms with Crippen molar-refractivity contribution in [3.05, 3.63) is 29.8 Å². The highest BCUT2D eigenvalue weighted by Gasteiger charge is 2.30. The van der Waals surface area contributed by atoms with E-state index in [4.69, 9.17) is 9.47 Å². The van der Waals surface area contributed by atoms with E-state index < -0.39 is 15.8 Å². The predicted molar refractivity (Wildman–Crippen MR) is 91.8 cm³/mol. The van der Waals surface area contributed by atoms with Crippen LogP contribution in [-0.2, 0) is 30.7 Å². The Morgan fingerprint density at radius 3 is 2.64 bits per heavy atom. The number of amides is 1. The van der Waals surface area contributed by atoms with Crippen LogP contribution in [0, 0.1) is 5.92 Å². The molecule has 1 aliphatic heterocycles. The minimum atomic E-state index is -3.02. The van der Waals surface area contributed by atoms with E-state index >= 15 is 0 Å². The Balaban J connectivity index is 1.78. The van der Waals surface area contributed by atoms with E-state index in [1.54, 1.807) is 14.2 Å². The van der Waals surface area contributed by atoms with Crippen molar-refractivity contribution in [2.75, 3.05) is 32.3 Å². The molecule has 1 aromatic carbocycles. The minimum Gasteiger partial charge on any atom is -0.496 e. The summed E-state index contributed by atoms with van der Waals surface area (Å²) in [6.07, 6.45) is 0.502. The number of hydrogen-bond acceptors (Lipinski definition) is 6. The van der Waals surface area contributed by atoms with Gasteiger partial charge < -0.3 is 14.4 Å². The zero-order valence-electron chi connectivity index (χ0n) is 14.4. The molecule has 1 atom stereocenters. The molecule has 25 heavy (non-hydrogen) atoms. The number of sulfone groups is 1. The van der Waals surface area contributed by atoms with Gasteiger partial charge >= 0.3 is 5.97 Å². The van der Waals surface area contributed by atoms with Crippen molar-refractivity contribution in [3.8, 4) is 5.75 Å². The van der Waals surface area contributed by atoms with Crippen LogP contribution in [0.2, 0.25) is 0 Å². The number of nitrogens with zero attached hydrogens (tertiary/aromatic N) is 1. The van der Waals surface area contributed by atoms with Gasteiger partial charge in [-0.2, -0.15) is 0 Å². The molecule has 2 rings (SSSR count). The van der Waals surface area contributed by atoms with Crippen molar-refractivity contribution in [1.82, 2.24) is 4.90 Å². The summed E-state index contributed by atoms with van der Waals surface area (Å²) in [6, 6.07) is 7.36. The number of carbonyl (C=O) groups is 2. The lowest BCUT2D eigenvalue weighted by Crippen LogP contribution is -2.31. The average Bonchev–Trinajstić information content (AvgIpc) is 2.91. The summed E-state index contributed by atoms with van der Waals surface area (Å²) in [5.74, 6) is -0.269.